The molecule has 1 amide bonds. The number of nitrogens with zero attached hydrogens (tertiary/aromatic N) is 6. The molecule has 2 atom stereocenters. The topological polar surface area (TPSA) is 163 Å². The van der Waals surface area contributed by atoms with Gasteiger partial charge in [-0.15, -0.1) is 4.80 Å². The van der Waals surface area contributed by atoms with E-state index in [0.29, 0.717) is 17.8 Å². The van der Waals surface area contributed by atoms with Crippen LogP contribution in [-0.2, 0) is 0 Å². The second-order valence-electron chi connectivity index (χ2n) is 8.14. The number of amides is 1. The highest BCUT2D eigenvalue weighted by Crippen LogP contribution is 2.28. The standard InChI is InChI=1S/C22H26FN9O3/c1-12(2)7-17(13(3)28-22(33)34)30-20-16(23)8-14(10-24)19(31-20)29-15-9-18(21(35-4)25-11-15)32-26-5-6-27-32/h5-6,8-9,11-13,17,28H,7H2,1-4H3,(H,33,34)(H2,29,30,31)/t13-,17+/m0/s1. The van der Waals surface area contributed by atoms with E-state index in [2.05, 4.69) is 36.1 Å². The molecule has 0 aliphatic carbocycles. The predicted molar refractivity (Wildman–Crippen MR) is 125 cm³/mol. The normalized spacial score (nSPS) is 12.5. The first-order valence-electron chi connectivity index (χ1n) is 10.8. The van der Waals surface area contributed by atoms with E-state index in [4.69, 9.17) is 9.84 Å². The number of anilines is 3. The van der Waals surface area contributed by atoms with Gasteiger partial charge in [-0.1, -0.05) is 13.8 Å². The molecule has 0 fully saturated rings. The van der Waals surface area contributed by atoms with Gasteiger partial charge in [-0.2, -0.15) is 15.5 Å². The van der Waals surface area contributed by atoms with Crippen molar-refractivity contribution in [3.63, 3.8) is 0 Å². The maximum atomic E-state index is 14.8. The van der Waals surface area contributed by atoms with Gasteiger partial charge in [0.1, 0.15) is 11.8 Å². The van der Waals surface area contributed by atoms with Crippen molar-refractivity contribution in [3.05, 3.63) is 42.1 Å². The summed E-state index contributed by atoms with van der Waals surface area (Å²) < 4.78 is 20.1. The van der Waals surface area contributed by atoms with Gasteiger partial charge in [0, 0.05) is 12.1 Å². The monoisotopic (exact) mass is 483 g/mol. The summed E-state index contributed by atoms with van der Waals surface area (Å²) in [7, 11) is 1.46. The highest BCUT2D eigenvalue weighted by molar-refractivity contribution is 5.67. The molecule has 13 heteroatoms. The second-order valence-corrected chi connectivity index (χ2v) is 8.14. The fraction of sp³-hybridized carbons (Fsp3) is 0.364. The largest absolute Gasteiger partial charge is 0.479 e. The van der Waals surface area contributed by atoms with Gasteiger partial charge in [0.15, 0.2) is 17.5 Å². The van der Waals surface area contributed by atoms with Crippen molar-refractivity contribution in [2.45, 2.75) is 39.3 Å². The molecule has 0 radical (unpaired) electrons. The van der Waals surface area contributed by atoms with E-state index < -0.39 is 24.0 Å². The van der Waals surface area contributed by atoms with Crippen molar-refractivity contribution >= 4 is 23.4 Å². The highest BCUT2D eigenvalue weighted by Gasteiger charge is 2.23. The number of methoxy groups -OCH3 is 1. The van der Waals surface area contributed by atoms with E-state index >= 15 is 0 Å². The van der Waals surface area contributed by atoms with Crippen molar-refractivity contribution < 1.29 is 19.0 Å². The van der Waals surface area contributed by atoms with E-state index in [-0.39, 0.29) is 29.0 Å². The number of ether oxygens (including phenoxy) is 1. The van der Waals surface area contributed by atoms with Crippen LogP contribution in [0.3, 0.4) is 0 Å². The Morgan fingerprint density at radius 2 is 1.97 bits per heavy atom. The van der Waals surface area contributed by atoms with Gasteiger partial charge in [0.25, 0.3) is 0 Å². The molecule has 0 aliphatic heterocycles. The van der Waals surface area contributed by atoms with Gasteiger partial charge < -0.3 is 25.8 Å². The molecule has 3 aromatic heterocycles. The van der Waals surface area contributed by atoms with Gasteiger partial charge in [-0.05, 0) is 31.4 Å². The summed E-state index contributed by atoms with van der Waals surface area (Å²) in [4.78, 5) is 21.0. The van der Waals surface area contributed by atoms with E-state index in [1.807, 2.05) is 19.9 Å². The third-order valence-corrected chi connectivity index (χ3v) is 5.02. The first-order valence-corrected chi connectivity index (χ1v) is 10.8. The van der Waals surface area contributed by atoms with Gasteiger partial charge >= 0.3 is 6.09 Å². The Bertz CT molecular complexity index is 1210. The highest BCUT2D eigenvalue weighted by atomic mass is 19.1. The van der Waals surface area contributed by atoms with Crippen molar-refractivity contribution in [2.24, 2.45) is 5.92 Å². The van der Waals surface area contributed by atoms with Crippen LogP contribution in [0.5, 0.6) is 5.88 Å². The van der Waals surface area contributed by atoms with Crippen LogP contribution >= 0.6 is 0 Å². The second kappa shape index (κ2) is 11.1. The molecule has 0 saturated heterocycles. The van der Waals surface area contributed by atoms with Crippen LogP contribution in [-0.4, -0.2) is 55.4 Å². The Hall–Kier alpha value is -4.47. The fourth-order valence-corrected chi connectivity index (χ4v) is 3.42. The molecule has 0 spiro atoms. The predicted octanol–water partition coefficient (Wildman–Crippen LogP) is 3.30. The van der Waals surface area contributed by atoms with Crippen LogP contribution in [0.2, 0.25) is 0 Å². The molecule has 0 unspecified atom stereocenters. The van der Waals surface area contributed by atoms with E-state index in [0.717, 1.165) is 6.07 Å². The van der Waals surface area contributed by atoms with Crippen molar-refractivity contribution in [3.8, 4) is 17.6 Å². The Kier molecular flexibility index (Phi) is 7.98. The van der Waals surface area contributed by atoms with E-state index in [9.17, 15) is 14.4 Å². The number of carboxylic acid groups (broad SMARTS) is 1. The van der Waals surface area contributed by atoms with E-state index in [1.54, 1.807) is 13.0 Å². The number of aromatic nitrogens is 5. The quantitative estimate of drug-likeness (QED) is 0.336. The number of hydrogen-bond acceptors (Lipinski definition) is 9. The van der Waals surface area contributed by atoms with Crippen molar-refractivity contribution in [2.75, 3.05) is 17.7 Å². The minimum atomic E-state index is -1.18. The summed E-state index contributed by atoms with van der Waals surface area (Å²) in [5, 5.41) is 35.2. The molecule has 0 bridgehead atoms. The zero-order valence-corrected chi connectivity index (χ0v) is 19.7. The fourth-order valence-electron chi connectivity index (χ4n) is 3.42. The molecule has 35 heavy (non-hydrogen) atoms. The van der Waals surface area contributed by atoms with Gasteiger partial charge in [0.05, 0.1) is 37.0 Å². The first-order chi connectivity index (χ1) is 16.7. The first kappa shape index (κ1) is 25.2. The Morgan fingerprint density at radius 3 is 2.57 bits per heavy atom. The summed E-state index contributed by atoms with van der Waals surface area (Å²) in [5.41, 5.74) is 0.839. The van der Waals surface area contributed by atoms with Crippen LogP contribution in [0.25, 0.3) is 5.69 Å². The average Bonchev–Trinajstić information content (AvgIpc) is 3.34. The van der Waals surface area contributed by atoms with Crippen LogP contribution in [0.15, 0.2) is 30.7 Å². The Balaban J connectivity index is 1.94. The van der Waals surface area contributed by atoms with Crippen LogP contribution in [0.1, 0.15) is 32.8 Å². The lowest BCUT2D eigenvalue weighted by Gasteiger charge is -2.27. The lowest BCUT2D eigenvalue weighted by molar-refractivity contribution is 0.188. The summed E-state index contributed by atoms with van der Waals surface area (Å²) >= 11 is 0. The maximum absolute atomic E-state index is 14.8. The summed E-state index contributed by atoms with van der Waals surface area (Å²) in [6.45, 7) is 5.63. The SMILES string of the molecule is COc1ncc(Nc2nc(N[C@H](CC(C)C)[C@H](C)NC(=O)O)c(F)cc2C#N)cc1-n1nccn1. The zero-order chi connectivity index (χ0) is 25.5. The third-order valence-electron chi connectivity index (χ3n) is 5.02. The number of carbonyl (C=O) groups is 1. The van der Waals surface area contributed by atoms with Crippen molar-refractivity contribution in [1.29, 1.82) is 5.26 Å². The van der Waals surface area contributed by atoms with Crippen LogP contribution < -0.4 is 20.7 Å². The molecule has 0 saturated carbocycles. The zero-order valence-electron chi connectivity index (χ0n) is 19.7. The number of pyridine rings is 2. The average molecular weight is 484 g/mol. The Morgan fingerprint density at radius 1 is 1.26 bits per heavy atom. The molecule has 4 N–H and O–H groups in total. The smallest absolute Gasteiger partial charge is 0.404 e. The molecular formula is C22H26FN9O3. The summed E-state index contributed by atoms with van der Waals surface area (Å²) in [6, 6.07) is 3.65. The minimum absolute atomic E-state index is 0.0280. The molecular weight excluding hydrogens is 457 g/mol. The summed E-state index contributed by atoms with van der Waals surface area (Å²) in [5.74, 6) is -0.295. The third kappa shape index (κ3) is 6.32. The van der Waals surface area contributed by atoms with Gasteiger partial charge in [0.2, 0.25) is 5.88 Å². The lowest BCUT2D eigenvalue weighted by atomic mass is 9.98. The van der Waals surface area contributed by atoms with Gasteiger partial charge in [-0.3, -0.25) is 0 Å². The minimum Gasteiger partial charge on any atom is -0.479 e. The molecule has 3 rings (SSSR count). The molecule has 12 nitrogen and oxygen atoms in total. The number of nitriles is 1. The lowest BCUT2D eigenvalue weighted by Crippen LogP contribution is -2.45. The van der Waals surface area contributed by atoms with Crippen LogP contribution in [0.4, 0.5) is 26.5 Å². The molecule has 3 aromatic rings. The maximum Gasteiger partial charge on any atom is 0.404 e. The number of hydrogen-bond donors (Lipinski definition) is 4. The molecule has 3 heterocycles. The Labute approximate surface area is 201 Å². The van der Waals surface area contributed by atoms with E-state index in [1.165, 1.54) is 30.5 Å². The van der Waals surface area contributed by atoms with Crippen LogP contribution in [0, 0.1) is 23.1 Å². The molecule has 184 valence electrons. The number of nitrogens with one attached hydrogen (secondary N) is 3. The summed E-state index contributed by atoms with van der Waals surface area (Å²) in [6.07, 6.45) is 3.83. The number of rotatable bonds is 10. The molecule has 0 aliphatic rings. The van der Waals surface area contributed by atoms with Crippen molar-refractivity contribution in [1.82, 2.24) is 30.3 Å². The molecule has 0 aromatic carbocycles. The van der Waals surface area contributed by atoms with Gasteiger partial charge in [-0.25, -0.2) is 19.2 Å². The number of halogens is 1.